The van der Waals surface area contributed by atoms with Crippen LogP contribution in [0.5, 0.6) is 0 Å². The number of halogens is 2. The Labute approximate surface area is 120 Å². The zero-order chi connectivity index (χ0) is 14.5. The summed E-state index contributed by atoms with van der Waals surface area (Å²) in [5.41, 5.74) is 1.74. The number of hydrogen-bond acceptors (Lipinski definition) is 3. The van der Waals surface area contributed by atoms with Crippen LogP contribution in [-0.4, -0.2) is 16.1 Å². The van der Waals surface area contributed by atoms with Crippen molar-refractivity contribution in [2.75, 3.05) is 0 Å². The Bertz CT molecular complexity index is 617. The van der Waals surface area contributed by atoms with Crippen molar-refractivity contribution in [3.05, 3.63) is 64.2 Å². The van der Waals surface area contributed by atoms with Crippen LogP contribution in [0.4, 0.5) is 4.39 Å². The van der Waals surface area contributed by atoms with E-state index in [1.54, 1.807) is 18.2 Å². The molecule has 1 heterocycles. The molecule has 2 aromatic rings. The van der Waals surface area contributed by atoms with Crippen LogP contribution in [0.25, 0.3) is 0 Å². The summed E-state index contributed by atoms with van der Waals surface area (Å²) in [6.45, 7) is 0.997. The lowest BCUT2D eigenvalue weighted by molar-refractivity contribution is 0.0696. The van der Waals surface area contributed by atoms with Crippen LogP contribution >= 0.6 is 11.6 Å². The average molecular weight is 295 g/mol. The lowest BCUT2D eigenvalue weighted by Crippen LogP contribution is -2.14. The van der Waals surface area contributed by atoms with Gasteiger partial charge in [-0.15, -0.1) is 0 Å². The van der Waals surface area contributed by atoms with E-state index in [0.29, 0.717) is 13.1 Å². The molecule has 1 aromatic heterocycles. The van der Waals surface area contributed by atoms with E-state index in [-0.39, 0.29) is 10.6 Å². The summed E-state index contributed by atoms with van der Waals surface area (Å²) in [4.78, 5) is 14.7. The minimum Gasteiger partial charge on any atom is -0.478 e. The minimum atomic E-state index is -1.00. The van der Waals surface area contributed by atoms with Gasteiger partial charge >= 0.3 is 5.97 Å². The Morgan fingerprint density at radius 1 is 1.30 bits per heavy atom. The zero-order valence-electron chi connectivity index (χ0n) is 10.4. The molecule has 0 saturated carbocycles. The highest BCUT2D eigenvalue weighted by Crippen LogP contribution is 2.15. The first-order chi connectivity index (χ1) is 9.56. The third-order valence-corrected chi connectivity index (χ3v) is 2.98. The van der Waals surface area contributed by atoms with E-state index in [0.717, 1.165) is 11.3 Å². The van der Waals surface area contributed by atoms with Gasteiger partial charge in [0, 0.05) is 19.3 Å². The van der Waals surface area contributed by atoms with Crippen molar-refractivity contribution in [3.8, 4) is 0 Å². The number of carboxylic acid groups (broad SMARTS) is 1. The van der Waals surface area contributed by atoms with E-state index < -0.39 is 11.8 Å². The molecule has 0 aliphatic rings. The number of aromatic nitrogens is 1. The van der Waals surface area contributed by atoms with Gasteiger partial charge in [0.15, 0.2) is 0 Å². The molecule has 104 valence electrons. The lowest BCUT2D eigenvalue weighted by atomic mass is 10.2. The summed E-state index contributed by atoms with van der Waals surface area (Å²) < 4.78 is 13.0. The molecule has 0 atom stereocenters. The first kappa shape index (κ1) is 14.4. The van der Waals surface area contributed by atoms with Gasteiger partial charge in [0.2, 0.25) is 0 Å². The van der Waals surface area contributed by atoms with Gasteiger partial charge in [0.05, 0.1) is 16.3 Å². The Morgan fingerprint density at radius 2 is 2.10 bits per heavy atom. The standard InChI is InChI=1S/C14H12ClFN2O2/c15-12-5-9(1-4-13(12)16)6-17-8-11-3-2-10(7-18-11)14(19)20/h1-5,7,17H,6,8H2,(H,19,20). The monoisotopic (exact) mass is 294 g/mol. The number of pyridine rings is 1. The smallest absolute Gasteiger partial charge is 0.337 e. The van der Waals surface area contributed by atoms with Gasteiger partial charge in [0.25, 0.3) is 0 Å². The number of aromatic carboxylic acids is 1. The number of hydrogen-bond donors (Lipinski definition) is 2. The van der Waals surface area contributed by atoms with Crippen molar-refractivity contribution < 1.29 is 14.3 Å². The predicted octanol–water partition coefficient (Wildman–Crippen LogP) is 2.86. The van der Waals surface area contributed by atoms with E-state index >= 15 is 0 Å². The van der Waals surface area contributed by atoms with E-state index in [2.05, 4.69) is 10.3 Å². The van der Waals surface area contributed by atoms with Crippen molar-refractivity contribution >= 4 is 17.6 Å². The second-order valence-electron chi connectivity index (χ2n) is 4.20. The van der Waals surface area contributed by atoms with Crippen LogP contribution in [-0.2, 0) is 13.1 Å². The fourth-order valence-electron chi connectivity index (χ4n) is 1.64. The van der Waals surface area contributed by atoms with E-state index in [4.69, 9.17) is 16.7 Å². The molecule has 4 nitrogen and oxygen atoms in total. The quantitative estimate of drug-likeness (QED) is 0.890. The summed E-state index contributed by atoms with van der Waals surface area (Å²) >= 11 is 5.69. The van der Waals surface area contributed by atoms with Crippen molar-refractivity contribution in [3.63, 3.8) is 0 Å². The molecule has 0 amide bonds. The molecule has 0 aliphatic carbocycles. The van der Waals surface area contributed by atoms with E-state index in [1.807, 2.05) is 0 Å². The Morgan fingerprint density at radius 3 is 2.70 bits per heavy atom. The maximum absolute atomic E-state index is 13.0. The highest BCUT2D eigenvalue weighted by Gasteiger charge is 2.03. The topological polar surface area (TPSA) is 62.2 Å². The van der Waals surface area contributed by atoms with Gasteiger partial charge in [-0.05, 0) is 29.8 Å². The molecule has 6 heteroatoms. The molecule has 2 rings (SSSR count). The largest absolute Gasteiger partial charge is 0.478 e. The average Bonchev–Trinajstić information content (AvgIpc) is 2.43. The fraction of sp³-hybridized carbons (Fsp3) is 0.143. The second kappa shape index (κ2) is 6.45. The van der Waals surface area contributed by atoms with Gasteiger partial charge in [0.1, 0.15) is 5.82 Å². The van der Waals surface area contributed by atoms with Gasteiger partial charge in [-0.25, -0.2) is 9.18 Å². The SMILES string of the molecule is O=C(O)c1ccc(CNCc2ccc(F)c(Cl)c2)nc1. The van der Waals surface area contributed by atoms with Crippen LogP contribution in [0, 0.1) is 5.82 Å². The number of benzene rings is 1. The van der Waals surface area contributed by atoms with Crippen molar-refractivity contribution in [2.45, 2.75) is 13.1 Å². The number of rotatable bonds is 5. The minimum absolute atomic E-state index is 0.0910. The van der Waals surface area contributed by atoms with Crippen LogP contribution < -0.4 is 5.32 Å². The first-order valence-electron chi connectivity index (χ1n) is 5.89. The normalized spacial score (nSPS) is 10.5. The summed E-state index contributed by atoms with van der Waals surface area (Å²) in [5.74, 6) is -1.45. The summed E-state index contributed by atoms with van der Waals surface area (Å²) in [6.07, 6.45) is 1.31. The molecule has 0 fully saturated rings. The molecule has 0 saturated heterocycles. The number of carbonyl (C=O) groups is 1. The third kappa shape index (κ3) is 3.76. The van der Waals surface area contributed by atoms with Gasteiger partial charge < -0.3 is 10.4 Å². The second-order valence-corrected chi connectivity index (χ2v) is 4.60. The highest BCUT2D eigenvalue weighted by atomic mass is 35.5. The maximum atomic E-state index is 13.0. The number of nitrogens with one attached hydrogen (secondary N) is 1. The Kier molecular flexibility index (Phi) is 4.65. The fourth-order valence-corrected chi connectivity index (χ4v) is 1.84. The van der Waals surface area contributed by atoms with Gasteiger partial charge in [-0.3, -0.25) is 4.98 Å². The maximum Gasteiger partial charge on any atom is 0.337 e. The first-order valence-corrected chi connectivity index (χ1v) is 6.27. The zero-order valence-corrected chi connectivity index (χ0v) is 11.2. The predicted molar refractivity (Wildman–Crippen MR) is 73.2 cm³/mol. The van der Waals surface area contributed by atoms with Crippen molar-refractivity contribution in [1.29, 1.82) is 0 Å². The molecule has 2 N–H and O–H groups in total. The summed E-state index contributed by atoms with van der Waals surface area (Å²) in [5, 5.41) is 12.0. The third-order valence-electron chi connectivity index (χ3n) is 2.69. The van der Waals surface area contributed by atoms with E-state index in [1.165, 1.54) is 18.3 Å². The van der Waals surface area contributed by atoms with Crippen LogP contribution in [0.15, 0.2) is 36.5 Å². The van der Waals surface area contributed by atoms with Crippen LogP contribution in [0.1, 0.15) is 21.6 Å². The number of carboxylic acids is 1. The molecule has 0 spiro atoms. The summed E-state index contributed by atoms with van der Waals surface area (Å²) in [7, 11) is 0. The summed E-state index contributed by atoms with van der Waals surface area (Å²) in [6, 6.07) is 7.68. The Hall–Kier alpha value is -1.98. The van der Waals surface area contributed by atoms with Crippen molar-refractivity contribution in [1.82, 2.24) is 10.3 Å². The van der Waals surface area contributed by atoms with Gasteiger partial charge in [-0.2, -0.15) is 0 Å². The van der Waals surface area contributed by atoms with Gasteiger partial charge in [-0.1, -0.05) is 17.7 Å². The van der Waals surface area contributed by atoms with E-state index in [9.17, 15) is 9.18 Å². The van der Waals surface area contributed by atoms with Crippen LogP contribution in [0.2, 0.25) is 5.02 Å². The van der Waals surface area contributed by atoms with Crippen molar-refractivity contribution in [2.24, 2.45) is 0 Å². The molecule has 0 radical (unpaired) electrons. The molecular formula is C14H12ClFN2O2. The molecule has 20 heavy (non-hydrogen) atoms. The molecule has 0 unspecified atom stereocenters. The highest BCUT2D eigenvalue weighted by molar-refractivity contribution is 6.30. The molecule has 0 aliphatic heterocycles. The van der Waals surface area contributed by atoms with Crippen LogP contribution in [0.3, 0.4) is 0 Å². The molecule has 1 aromatic carbocycles. The Balaban J connectivity index is 1.89. The number of nitrogens with zero attached hydrogens (tertiary/aromatic N) is 1. The molecule has 0 bridgehead atoms. The lowest BCUT2D eigenvalue weighted by Gasteiger charge is -2.05. The molecular weight excluding hydrogens is 283 g/mol.